The molecule has 1 N–H and O–H groups in total. The van der Waals surface area contributed by atoms with Crippen molar-refractivity contribution < 1.29 is 14.0 Å². The number of halogens is 1. The molecule has 1 atom stereocenters. The van der Waals surface area contributed by atoms with E-state index in [1.165, 1.54) is 17.8 Å². The van der Waals surface area contributed by atoms with Crippen LogP contribution in [-0.2, 0) is 13.7 Å². The van der Waals surface area contributed by atoms with E-state index in [4.69, 9.17) is 9.63 Å². The van der Waals surface area contributed by atoms with Gasteiger partial charge in [0.2, 0.25) is 11.7 Å². The Labute approximate surface area is 141 Å². The molecule has 0 aliphatic rings. The fourth-order valence-corrected chi connectivity index (χ4v) is 2.91. The summed E-state index contributed by atoms with van der Waals surface area (Å²) in [6, 6.07) is 4.81. The van der Waals surface area contributed by atoms with E-state index in [0.717, 1.165) is 0 Å². The fraction of sp³-hybridized carbons (Fsp3) is 0.333. The fourth-order valence-electron chi connectivity index (χ4n) is 2.04. The molecular weight excluding hydrogens is 333 g/mol. The Morgan fingerprint density at radius 2 is 2.17 bits per heavy atom. The quantitative estimate of drug-likeness (QED) is 0.708. The van der Waals surface area contributed by atoms with Gasteiger partial charge in [-0.05, 0) is 25.5 Å². The minimum absolute atomic E-state index is 0.170. The van der Waals surface area contributed by atoms with Crippen LogP contribution in [0.4, 0.5) is 4.39 Å². The highest BCUT2D eigenvalue weighted by molar-refractivity contribution is 7.99. The van der Waals surface area contributed by atoms with Crippen LogP contribution in [0.15, 0.2) is 27.9 Å². The zero-order valence-electron chi connectivity index (χ0n) is 13.4. The molecule has 0 saturated carbocycles. The molecule has 0 radical (unpaired) electrons. The maximum Gasteiger partial charge on any atom is 0.240 e. The third kappa shape index (κ3) is 3.17. The second-order valence-electron chi connectivity index (χ2n) is 5.30. The van der Waals surface area contributed by atoms with Gasteiger partial charge in [0, 0.05) is 12.6 Å². The van der Waals surface area contributed by atoms with Crippen LogP contribution in [0.3, 0.4) is 0 Å². The number of benzene rings is 1. The average Bonchev–Trinajstić information content (AvgIpc) is 3.18. The Bertz CT molecular complexity index is 863. The minimum atomic E-state index is -0.308. The molecule has 0 aliphatic heterocycles. The number of hydrogen-bond acceptors (Lipinski definition) is 7. The van der Waals surface area contributed by atoms with E-state index < -0.39 is 0 Å². The molecule has 3 rings (SSSR count). The predicted octanol–water partition coefficient (Wildman–Crippen LogP) is 2.66. The lowest BCUT2D eigenvalue weighted by Crippen LogP contribution is -1.99. The molecule has 0 aliphatic carbocycles. The van der Waals surface area contributed by atoms with Crippen molar-refractivity contribution in [2.45, 2.75) is 30.9 Å². The molecular formula is C15H16FN5O2S. The maximum absolute atomic E-state index is 13.7. The Balaban J connectivity index is 1.79. The first-order valence-electron chi connectivity index (χ1n) is 7.25. The molecule has 126 valence electrons. The van der Waals surface area contributed by atoms with E-state index in [1.807, 2.05) is 6.92 Å². The molecule has 1 aromatic carbocycles. The summed E-state index contributed by atoms with van der Waals surface area (Å²) >= 11 is 1.38. The molecule has 0 bridgehead atoms. The van der Waals surface area contributed by atoms with Gasteiger partial charge in [-0.2, -0.15) is 4.98 Å². The molecule has 24 heavy (non-hydrogen) atoms. The summed E-state index contributed by atoms with van der Waals surface area (Å²) in [5.74, 6) is 0.915. The Morgan fingerprint density at radius 1 is 1.38 bits per heavy atom. The van der Waals surface area contributed by atoms with E-state index in [9.17, 15) is 4.39 Å². The lowest BCUT2D eigenvalue weighted by atomic mass is 10.1. The number of aliphatic hydroxyl groups is 1. The lowest BCUT2D eigenvalue weighted by molar-refractivity contribution is 0.266. The third-order valence-electron chi connectivity index (χ3n) is 3.57. The standard InChI is InChI=1S/C15H16FN5O2S/c1-8-4-5-10(6-11(8)16)13-17-14(23-20-13)9(2)24-15-19-18-12(7-22)21(15)3/h4-6,9,22H,7H2,1-3H3. The average molecular weight is 349 g/mol. The van der Waals surface area contributed by atoms with Gasteiger partial charge in [-0.25, -0.2) is 4.39 Å². The second kappa shape index (κ2) is 6.70. The van der Waals surface area contributed by atoms with Crippen molar-refractivity contribution in [1.29, 1.82) is 0 Å². The zero-order chi connectivity index (χ0) is 17.3. The summed E-state index contributed by atoms with van der Waals surface area (Å²) in [4.78, 5) is 4.33. The van der Waals surface area contributed by atoms with Crippen LogP contribution in [0.1, 0.15) is 29.5 Å². The molecule has 3 aromatic rings. The Hall–Kier alpha value is -2.26. The van der Waals surface area contributed by atoms with Crippen LogP contribution >= 0.6 is 11.8 Å². The first-order chi connectivity index (χ1) is 11.5. The van der Waals surface area contributed by atoms with Gasteiger partial charge >= 0.3 is 0 Å². The molecule has 0 fully saturated rings. The summed E-state index contributed by atoms with van der Waals surface area (Å²) in [6.45, 7) is 3.41. The molecule has 2 heterocycles. The smallest absolute Gasteiger partial charge is 0.240 e. The lowest BCUT2D eigenvalue weighted by Gasteiger charge is -2.05. The van der Waals surface area contributed by atoms with E-state index >= 15 is 0 Å². The molecule has 2 aromatic heterocycles. The summed E-state index contributed by atoms with van der Waals surface area (Å²) in [5, 5.41) is 21.4. The topological polar surface area (TPSA) is 89.9 Å². The van der Waals surface area contributed by atoms with E-state index in [-0.39, 0.29) is 17.7 Å². The van der Waals surface area contributed by atoms with Crippen LogP contribution in [0, 0.1) is 12.7 Å². The molecule has 9 heteroatoms. The van der Waals surface area contributed by atoms with Crippen molar-refractivity contribution >= 4 is 11.8 Å². The zero-order valence-corrected chi connectivity index (χ0v) is 14.2. The highest BCUT2D eigenvalue weighted by Crippen LogP contribution is 2.33. The van der Waals surface area contributed by atoms with Crippen molar-refractivity contribution in [3.8, 4) is 11.4 Å². The number of aliphatic hydroxyl groups excluding tert-OH is 1. The monoisotopic (exact) mass is 349 g/mol. The predicted molar refractivity (Wildman–Crippen MR) is 85.6 cm³/mol. The van der Waals surface area contributed by atoms with Crippen molar-refractivity contribution in [2.24, 2.45) is 7.05 Å². The highest BCUT2D eigenvalue weighted by atomic mass is 32.2. The maximum atomic E-state index is 13.7. The molecule has 0 amide bonds. The summed E-state index contributed by atoms with van der Waals surface area (Å²) < 4.78 is 20.7. The van der Waals surface area contributed by atoms with E-state index in [1.54, 1.807) is 30.7 Å². The van der Waals surface area contributed by atoms with Gasteiger partial charge in [0.25, 0.3) is 0 Å². The van der Waals surface area contributed by atoms with Crippen molar-refractivity contribution in [2.75, 3.05) is 0 Å². The highest BCUT2D eigenvalue weighted by Gasteiger charge is 2.20. The molecule has 0 saturated heterocycles. The van der Waals surface area contributed by atoms with Gasteiger partial charge in [0.15, 0.2) is 11.0 Å². The normalized spacial score (nSPS) is 12.5. The molecule has 7 nitrogen and oxygen atoms in total. The second-order valence-corrected chi connectivity index (χ2v) is 6.60. The number of hydrogen-bond donors (Lipinski definition) is 1. The van der Waals surface area contributed by atoms with Crippen molar-refractivity contribution in [1.82, 2.24) is 24.9 Å². The molecule has 0 spiro atoms. The van der Waals surface area contributed by atoms with Crippen molar-refractivity contribution in [3.63, 3.8) is 0 Å². The number of aryl methyl sites for hydroxylation is 1. The first-order valence-corrected chi connectivity index (χ1v) is 8.13. The van der Waals surface area contributed by atoms with Crippen LogP contribution in [0.5, 0.6) is 0 Å². The number of rotatable bonds is 5. The van der Waals surface area contributed by atoms with Gasteiger partial charge in [-0.15, -0.1) is 10.2 Å². The van der Waals surface area contributed by atoms with Gasteiger partial charge in [0.1, 0.15) is 12.4 Å². The largest absolute Gasteiger partial charge is 0.388 e. The van der Waals surface area contributed by atoms with Crippen molar-refractivity contribution in [3.05, 3.63) is 41.3 Å². The summed E-state index contributed by atoms with van der Waals surface area (Å²) in [6.07, 6.45) is 0. The minimum Gasteiger partial charge on any atom is -0.388 e. The number of aromatic nitrogens is 5. The van der Waals surface area contributed by atoms with Crippen LogP contribution in [0.2, 0.25) is 0 Å². The summed E-state index contributed by atoms with van der Waals surface area (Å²) in [5.41, 5.74) is 1.12. The Kier molecular flexibility index (Phi) is 4.63. The van der Waals surface area contributed by atoms with E-state index in [0.29, 0.717) is 33.8 Å². The van der Waals surface area contributed by atoms with E-state index in [2.05, 4.69) is 20.3 Å². The van der Waals surface area contributed by atoms with Gasteiger partial charge in [-0.1, -0.05) is 29.1 Å². The molecule has 1 unspecified atom stereocenters. The van der Waals surface area contributed by atoms with Gasteiger partial charge in [-0.3, -0.25) is 0 Å². The first kappa shape index (κ1) is 16.6. The number of thioether (sulfide) groups is 1. The third-order valence-corrected chi connectivity index (χ3v) is 4.69. The van der Waals surface area contributed by atoms with Gasteiger partial charge < -0.3 is 14.2 Å². The Morgan fingerprint density at radius 3 is 2.83 bits per heavy atom. The SMILES string of the molecule is Cc1ccc(-c2noc(C(C)Sc3nnc(CO)n3C)n2)cc1F. The van der Waals surface area contributed by atoms with Crippen LogP contribution < -0.4 is 0 Å². The van der Waals surface area contributed by atoms with Gasteiger partial charge in [0.05, 0.1) is 5.25 Å². The summed E-state index contributed by atoms with van der Waals surface area (Å²) in [7, 11) is 1.77. The number of nitrogens with zero attached hydrogens (tertiary/aromatic N) is 5. The van der Waals surface area contributed by atoms with Crippen LogP contribution in [0.25, 0.3) is 11.4 Å². The van der Waals surface area contributed by atoms with Crippen LogP contribution in [-0.4, -0.2) is 30.0 Å².